The molecule has 2 rings (SSSR count). The van der Waals surface area contributed by atoms with Crippen molar-refractivity contribution in [3.05, 3.63) is 28.8 Å². The summed E-state index contributed by atoms with van der Waals surface area (Å²) < 4.78 is 0. The van der Waals surface area contributed by atoms with Crippen molar-refractivity contribution in [2.75, 3.05) is 18.0 Å². The summed E-state index contributed by atoms with van der Waals surface area (Å²) in [4.78, 5) is 13.1. The van der Waals surface area contributed by atoms with E-state index in [1.807, 2.05) is 32.0 Å². The number of aliphatic carboxylic acids is 1. The number of carbonyl (C=O) groups is 1. The highest BCUT2D eigenvalue weighted by molar-refractivity contribution is 6.31. The van der Waals surface area contributed by atoms with Crippen LogP contribution in [0.4, 0.5) is 5.69 Å². The maximum Gasteiger partial charge on any atom is 0.303 e. The van der Waals surface area contributed by atoms with Crippen LogP contribution in [-0.2, 0) is 4.79 Å². The van der Waals surface area contributed by atoms with Crippen LogP contribution in [0.25, 0.3) is 0 Å². The third kappa shape index (κ3) is 2.61. The molecule has 1 aliphatic heterocycles. The fraction of sp³-hybridized carbons (Fsp3) is 0.500. The average molecular weight is 268 g/mol. The fourth-order valence-electron chi connectivity index (χ4n) is 2.68. The van der Waals surface area contributed by atoms with Crippen LogP contribution in [0.15, 0.2) is 18.2 Å². The minimum Gasteiger partial charge on any atom is -0.481 e. The molecule has 1 heterocycles. The van der Waals surface area contributed by atoms with Gasteiger partial charge in [-0.05, 0) is 36.5 Å². The molecule has 4 heteroatoms. The van der Waals surface area contributed by atoms with Gasteiger partial charge < -0.3 is 10.0 Å². The molecule has 0 aliphatic carbocycles. The summed E-state index contributed by atoms with van der Waals surface area (Å²) in [5.74, 6) is -0.720. The molecule has 3 nitrogen and oxygen atoms in total. The maximum atomic E-state index is 10.9. The minimum absolute atomic E-state index is 0.138. The number of anilines is 1. The molecule has 0 aromatic heterocycles. The number of halogens is 1. The zero-order valence-electron chi connectivity index (χ0n) is 10.7. The molecule has 0 amide bonds. The third-order valence-corrected chi connectivity index (χ3v) is 4.13. The zero-order chi connectivity index (χ0) is 13.3. The second-order valence-corrected chi connectivity index (χ2v) is 5.84. The van der Waals surface area contributed by atoms with Crippen molar-refractivity contribution in [3.63, 3.8) is 0 Å². The molecule has 1 fully saturated rings. The van der Waals surface area contributed by atoms with E-state index in [1.54, 1.807) is 0 Å². The van der Waals surface area contributed by atoms with E-state index in [1.165, 1.54) is 0 Å². The molecule has 1 N–H and O–H groups in total. The summed E-state index contributed by atoms with van der Waals surface area (Å²) in [6, 6.07) is 5.87. The largest absolute Gasteiger partial charge is 0.481 e. The van der Waals surface area contributed by atoms with Crippen molar-refractivity contribution >= 4 is 23.3 Å². The molecule has 0 saturated carbocycles. The first kappa shape index (κ1) is 13.2. The molecule has 1 aromatic carbocycles. The first-order valence-electron chi connectivity index (χ1n) is 6.13. The Labute approximate surface area is 112 Å². The van der Waals surface area contributed by atoms with Crippen molar-refractivity contribution in [2.45, 2.75) is 26.7 Å². The van der Waals surface area contributed by atoms with Crippen molar-refractivity contribution in [2.24, 2.45) is 5.41 Å². The van der Waals surface area contributed by atoms with Crippen LogP contribution in [0.3, 0.4) is 0 Å². The van der Waals surface area contributed by atoms with Crippen LogP contribution < -0.4 is 4.90 Å². The van der Waals surface area contributed by atoms with Crippen LogP contribution in [0.5, 0.6) is 0 Å². The summed E-state index contributed by atoms with van der Waals surface area (Å²) in [6.45, 7) is 5.72. The molecule has 1 aromatic rings. The van der Waals surface area contributed by atoms with Gasteiger partial charge in [-0.2, -0.15) is 0 Å². The van der Waals surface area contributed by atoms with Gasteiger partial charge in [0.25, 0.3) is 0 Å². The van der Waals surface area contributed by atoms with Crippen molar-refractivity contribution in [1.82, 2.24) is 0 Å². The van der Waals surface area contributed by atoms with E-state index in [0.29, 0.717) is 0 Å². The monoisotopic (exact) mass is 267 g/mol. The van der Waals surface area contributed by atoms with E-state index in [9.17, 15) is 4.79 Å². The highest BCUT2D eigenvalue weighted by Crippen LogP contribution is 2.38. The topological polar surface area (TPSA) is 40.5 Å². The van der Waals surface area contributed by atoms with Gasteiger partial charge in [-0.25, -0.2) is 0 Å². The zero-order valence-corrected chi connectivity index (χ0v) is 11.5. The minimum atomic E-state index is -0.720. The lowest BCUT2D eigenvalue weighted by atomic mass is 9.86. The molecule has 0 spiro atoms. The lowest BCUT2D eigenvalue weighted by Gasteiger charge is -2.25. The standard InChI is InChI=1S/C14H18ClNO2/c1-10-11(15)4-3-5-12(10)16-7-6-14(2,9-16)8-13(17)18/h3-5H,6-9H2,1-2H3,(H,17,18). The molecular formula is C14H18ClNO2. The third-order valence-electron chi connectivity index (χ3n) is 3.72. The molecule has 0 radical (unpaired) electrons. The fourth-order valence-corrected chi connectivity index (χ4v) is 2.85. The van der Waals surface area contributed by atoms with E-state index in [0.717, 1.165) is 35.8 Å². The summed E-state index contributed by atoms with van der Waals surface area (Å²) in [6.07, 6.45) is 1.13. The molecule has 1 atom stereocenters. The van der Waals surface area contributed by atoms with Gasteiger partial charge in [-0.1, -0.05) is 24.6 Å². The lowest BCUT2D eigenvalue weighted by Crippen LogP contribution is -2.27. The summed E-state index contributed by atoms with van der Waals surface area (Å²) in [5.41, 5.74) is 2.05. The van der Waals surface area contributed by atoms with Crippen LogP contribution in [0.1, 0.15) is 25.3 Å². The smallest absolute Gasteiger partial charge is 0.303 e. The lowest BCUT2D eigenvalue weighted by molar-refractivity contribution is -0.139. The second kappa shape index (κ2) is 4.81. The summed E-state index contributed by atoms with van der Waals surface area (Å²) >= 11 is 6.13. The molecule has 1 aliphatic rings. The second-order valence-electron chi connectivity index (χ2n) is 5.44. The molecule has 98 valence electrons. The first-order chi connectivity index (χ1) is 8.41. The van der Waals surface area contributed by atoms with Crippen molar-refractivity contribution in [3.8, 4) is 0 Å². The first-order valence-corrected chi connectivity index (χ1v) is 6.51. The molecule has 18 heavy (non-hydrogen) atoms. The SMILES string of the molecule is Cc1c(Cl)cccc1N1CCC(C)(CC(=O)O)C1. The Morgan fingerprint density at radius 1 is 1.56 bits per heavy atom. The van der Waals surface area contributed by atoms with Crippen molar-refractivity contribution in [1.29, 1.82) is 0 Å². The van der Waals surface area contributed by atoms with Crippen LogP contribution >= 0.6 is 11.6 Å². The van der Waals surface area contributed by atoms with Gasteiger partial charge >= 0.3 is 5.97 Å². The number of carboxylic acid groups (broad SMARTS) is 1. The van der Waals surface area contributed by atoms with E-state index < -0.39 is 5.97 Å². The van der Waals surface area contributed by atoms with E-state index in [4.69, 9.17) is 16.7 Å². The molecule has 0 bridgehead atoms. The maximum absolute atomic E-state index is 10.9. The summed E-state index contributed by atoms with van der Waals surface area (Å²) in [5, 5.41) is 9.72. The van der Waals surface area contributed by atoms with E-state index >= 15 is 0 Å². The van der Waals surface area contributed by atoms with E-state index in [-0.39, 0.29) is 11.8 Å². The highest BCUT2D eigenvalue weighted by atomic mass is 35.5. The van der Waals surface area contributed by atoms with Gasteiger partial charge in [0.05, 0.1) is 6.42 Å². The molecular weight excluding hydrogens is 250 g/mol. The predicted molar refractivity (Wildman–Crippen MR) is 73.4 cm³/mol. The van der Waals surface area contributed by atoms with Crippen LogP contribution in [0, 0.1) is 12.3 Å². The van der Waals surface area contributed by atoms with Gasteiger partial charge in [0.15, 0.2) is 0 Å². The van der Waals surface area contributed by atoms with Gasteiger partial charge in [0.2, 0.25) is 0 Å². The number of hydrogen-bond acceptors (Lipinski definition) is 2. The normalized spacial score (nSPS) is 23.4. The van der Waals surface area contributed by atoms with Gasteiger partial charge in [0, 0.05) is 23.8 Å². The number of carboxylic acids is 1. The Balaban J connectivity index is 2.18. The quantitative estimate of drug-likeness (QED) is 0.913. The summed E-state index contributed by atoms with van der Waals surface area (Å²) in [7, 11) is 0. The molecule has 1 saturated heterocycles. The Hall–Kier alpha value is -1.22. The molecule has 1 unspecified atom stereocenters. The Morgan fingerprint density at radius 3 is 2.94 bits per heavy atom. The number of nitrogens with zero attached hydrogens (tertiary/aromatic N) is 1. The number of benzene rings is 1. The van der Waals surface area contributed by atoms with Gasteiger partial charge in [-0.3, -0.25) is 4.79 Å². The van der Waals surface area contributed by atoms with Crippen molar-refractivity contribution < 1.29 is 9.90 Å². The van der Waals surface area contributed by atoms with Crippen LogP contribution in [-0.4, -0.2) is 24.2 Å². The number of hydrogen-bond donors (Lipinski definition) is 1. The van der Waals surface area contributed by atoms with Gasteiger partial charge in [0.1, 0.15) is 0 Å². The highest BCUT2D eigenvalue weighted by Gasteiger charge is 2.36. The Morgan fingerprint density at radius 2 is 2.28 bits per heavy atom. The van der Waals surface area contributed by atoms with Gasteiger partial charge in [-0.15, -0.1) is 0 Å². The van der Waals surface area contributed by atoms with Crippen LogP contribution in [0.2, 0.25) is 5.02 Å². The Kier molecular flexibility index (Phi) is 3.53. The number of rotatable bonds is 3. The predicted octanol–water partition coefficient (Wildman–Crippen LogP) is 3.34. The van der Waals surface area contributed by atoms with E-state index in [2.05, 4.69) is 4.90 Å². The average Bonchev–Trinajstić information content (AvgIpc) is 2.63. The Bertz CT molecular complexity index is 475.